The maximum absolute atomic E-state index is 12.1. The van der Waals surface area contributed by atoms with Crippen LogP contribution < -0.4 is 24.3 Å². The van der Waals surface area contributed by atoms with Crippen molar-refractivity contribution < 1.29 is 23.7 Å². The van der Waals surface area contributed by atoms with E-state index in [0.29, 0.717) is 39.4 Å². The van der Waals surface area contributed by atoms with Crippen LogP contribution in [0.4, 0.5) is 0 Å². The van der Waals surface area contributed by atoms with Gasteiger partial charge in [-0.15, -0.1) is 15.3 Å². The van der Waals surface area contributed by atoms with Crippen molar-refractivity contribution >= 4 is 46.4 Å². The highest BCUT2D eigenvalue weighted by Crippen LogP contribution is 2.34. The number of fused-ring (bicyclic) bond motifs is 1. The smallest absolute Gasteiger partial charge is 0.258 e. The summed E-state index contributed by atoms with van der Waals surface area (Å²) in [5.41, 5.74) is 1.21. The van der Waals surface area contributed by atoms with Crippen LogP contribution in [-0.4, -0.2) is 59.7 Å². The van der Waals surface area contributed by atoms with Gasteiger partial charge in [-0.2, -0.15) is 4.52 Å². The van der Waals surface area contributed by atoms with E-state index in [9.17, 15) is 4.79 Å². The van der Waals surface area contributed by atoms with Gasteiger partial charge in [0.15, 0.2) is 18.1 Å². The topological polar surface area (TPSA) is 109 Å². The molecule has 4 aromatic rings. The largest absolute Gasteiger partial charge is 0.497 e. The second-order valence-electron chi connectivity index (χ2n) is 7.22. The Morgan fingerprint density at radius 1 is 0.917 bits per heavy atom. The monoisotopic (exact) mass is 551 g/mol. The number of carbonyl (C=O) groups is 1. The van der Waals surface area contributed by atoms with Crippen LogP contribution >= 0.6 is 34.8 Å². The third-order valence-electron chi connectivity index (χ3n) is 4.90. The number of benzene rings is 2. The summed E-state index contributed by atoms with van der Waals surface area (Å²) < 4.78 is 23.3. The Morgan fingerprint density at radius 3 is 2.50 bits per heavy atom. The number of rotatable bonds is 10. The number of ether oxygens (including phenoxy) is 4. The number of nitrogens with zero attached hydrogens (tertiary/aromatic N) is 4. The van der Waals surface area contributed by atoms with Crippen LogP contribution in [0.3, 0.4) is 0 Å². The van der Waals surface area contributed by atoms with Crippen molar-refractivity contribution in [1.82, 2.24) is 25.1 Å². The molecule has 1 N–H and O–H groups in total. The molecular weight excluding hydrogens is 533 g/mol. The molecule has 0 atom stereocenters. The highest BCUT2D eigenvalue weighted by Gasteiger charge is 2.16. The molecule has 0 bridgehead atoms. The number of carbonyl (C=O) groups excluding carboxylic acids is 1. The summed E-state index contributed by atoms with van der Waals surface area (Å²) in [6.45, 7) is 0.134. The highest BCUT2D eigenvalue weighted by molar-refractivity contribution is 6.43. The molecule has 0 spiro atoms. The molecule has 0 aliphatic rings. The van der Waals surface area contributed by atoms with Crippen molar-refractivity contribution in [3.05, 3.63) is 57.5 Å². The van der Waals surface area contributed by atoms with Crippen LogP contribution in [0.5, 0.6) is 23.1 Å². The molecule has 36 heavy (non-hydrogen) atoms. The summed E-state index contributed by atoms with van der Waals surface area (Å²) in [5, 5.41) is 16.3. The minimum absolute atomic E-state index is 0.168. The van der Waals surface area contributed by atoms with Gasteiger partial charge >= 0.3 is 0 Å². The van der Waals surface area contributed by atoms with Crippen molar-refractivity contribution in [3.63, 3.8) is 0 Å². The molecule has 188 valence electrons. The summed E-state index contributed by atoms with van der Waals surface area (Å²) >= 11 is 17.9. The average Bonchev–Trinajstić information content (AvgIpc) is 3.30. The standard InChI is InChI=1S/C23H20Cl3N5O5/c1-33-13-3-4-14(18(9-13)34-2)23-29-28-20-5-6-22(30-31(20)23)35-8-7-27-21(32)12-36-19-11-16(25)15(24)10-17(19)26/h3-6,9-11H,7-8,12H2,1-2H3,(H,27,32). The molecular formula is C23H20Cl3N5O5. The van der Waals surface area contributed by atoms with Crippen LogP contribution in [0.15, 0.2) is 42.5 Å². The minimum Gasteiger partial charge on any atom is -0.497 e. The molecule has 13 heteroatoms. The summed E-state index contributed by atoms with van der Waals surface area (Å²) in [4.78, 5) is 12.1. The molecule has 0 saturated carbocycles. The predicted octanol–water partition coefficient (Wildman–Crippen LogP) is 4.34. The summed E-state index contributed by atoms with van der Waals surface area (Å²) in [5.74, 6) is 1.90. The van der Waals surface area contributed by atoms with Gasteiger partial charge in [0.1, 0.15) is 23.9 Å². The zero-order valence-corrected chi connectivity index (χ0v) is 21.4. The van der Waals surface area contributed by atoms with Crippen molar-refractivity contribution in [2.24, 2.45) is 0 Å². The van der Waals surface area contributed by atoms with Gasteiger partial charge in [0, 0.05) is 18.2 Å². The molecule has 0 aliphatic carbocycles. The molecule has 0 radical (unpaired) electrons. The second-order valence-corrected chi connectivity index (χ2v) is 8.44. The first-order chi connectivity index (χ1) is 17.4. The van der Waals surface area contributed by atoms with E-state index in [4.69, 9.17) is 53.8 Å². The predicted molar refractivity (Wildman–Crippen MR) is 135 cm³/mol. The summed E-state index contributed by atoms with van der Waals surface area (Å²) in [6, 6.07) is 11.6. The fourth-order valence-corrected chi connectivity index (χ4v) is 3.75. The Kier molecular flexibility index (Phi) is 8.19. The fourth-order valence-electron chi connectivity index (χ4n) is 3.16. The zero-order valence-electron chi connectivity index (χ0n) is 19.1. The molecule has 0 fully saturated rings. The van der Waals surface area contributed by atoms with Gasteiger partial charge in [-0.1, -0.05) is 34.8 Å². The SMILES string of the molecule is COc1ccc(-c2nnc3ccc(OCCNC(=O)COc4cc(Cl)c(Cl)cc4Cl)nn23)c(OC)c1. The number of halogens is 3. The normalized spacial score (nSPS) is 10.8. The summed E-state index contributed by atoms with van der Waals surface area (Å²) in [7, 11) is 3.13. The van der Waals surface area contributed by atoms with E-state index in [1.807, 2.05) is 6.07 Å². The number of nitrogens with one attached hydrogen (secondary N) is 1. The van der Waals surface area contributed by atoms with Crippen molar-refractivity contribution in [2.45, 2.75) is 0 Å². The molecule has 2 aromatic heterocycles. The Hall–Kier alpha value is -3.47. The number of aromatic nitrogens is 4. The number of hydrogen-bond donors (Lipinski definition) is 1. The molecule has 2 heterocycles. The van der Waals surface area contributed by atoms with Gasteiger partial charge in [-0.3, -0.25) is 4.79 Å². The lowest BCUT2D eigenvalue weighted by Gasteiger charge is -2.11. The lowest BCUT2D eigenvalue weighted by Crippen LogP contribution is -2.32. The number of methoxy groups -OCH3 is 2. The first kappa shape index (κ1) is 25.6. The van der Waals surface area contributed by atoms with Gasteiger partial charge in [-0.25, -0.2) is 0 Å². The van der Waals surface area contributed by atoms with Gasteiger partial charge < -0.3 is 24.3 Å². The molecule has 1 amide bonds. The third-order valence-corrected chi connectivity index (χ3v) is 5.91. The highest BCUT2D eigenvalue weighted by atomic mass is 35.5. The molecule has 2 aromatic carbocycles. The quantitative estimate of drug-likeness (QED) is 0.229. The maximum Gasteiger partial charge on any atom is 0.258 e. The van der Waals surface area contributed by atoms with Crippen molar-refractivity contribution in [2.75, 3.05) is 34.0 Å². The van der Waals surface area contributed by atoms with Gasteiger partial charge in [0.05, 0.1) is 41.4 Å². The lowest BCUT2D eigenvalue weighted by atomic mass is 10.2. The van der Waals surface area contributed by atoms with Gasteiger partial charge in [-0.05, 0) is 24.3 Å². The second kappa shape index (κ2) is 11.5. The van der Waals surface area contributed by atoms with Gasteiger partial charge in [0.2, 0.25) is 5.88 Å². The van der Waals surface area contributed by atoms with Crippen LogP contribution in [-0.2, 0) is 4.79 Å². The zero-order chi connectivity index (χ0) is 25.7. The molecule has 10 nitrogen and oxygen atoms in total. The average molecular weight is 553 g/mol. The molecule has 0 aliphatic heterocycles. The Bertz CT molecular complexity index is 1400. The van der Waals surface area contributed by atoms with E-state index < -0.39 is 0 Å². The molecule has 0 saturated heterocycles. The van der Waals surface area contributed by atoms with E-state index in [0.717, 1.165) is 0 Å². The Balaban J connectivity index is 1.34. The first-order valence-corrected chi connectivity index (χ1v) is 11.6. The van der Waals surface area contributed by atoms with E-state index in [-0.39, 0.29) is 41.5 Å². The van der Waals surface area contributed by atoms with Crippen LogP contribution in [0.1, 0.15) is 0 Å². The molecule has 4 rings (SSSR count). The van der Waals surface area contributed by atoms with Crippen LogP contribution in [0.25, 0.3) is 17.0 Å². The third kappa shape index (κ3) is 5.84. The lowest BCUT2D eigenvalue weighted by molar-refractivity contribution is -0.123. The van der Waals surface area contributed by atoms with Crippen LogP contribution in [0, 0.1) is 0 Å². The maximum atomic E-state index is 12.1. The molecule has 0 unspecified atom stereocenters. The number of amides is 1. The van der Waals surface area contributed by atoms with Crippen molar-refractivity contribution in [1.29, 1.82) is 0 Å². The summed E-state index contributed by atoms with van der Waals surface area (Å²) in [6.07, 6.45) is 0. The van der Waals surface area contributed by atoms with E-state index >= 15 is 0 Å². The van der Waals surface area contributed by atoms with E-state index in [1.54, 1.807) is 43.0 Å². The van der Waals surface area contributed by atoms with Crippen LogP contribution in [0.2, 0.25) is 15.1 Å². The van der Waals surface area contributed by atoms with Crippen molar-refractivity contribution in [3.8, 4) is 34.5 Å². The Labute approximate surface area is 221 Å². The fraction of sp³-hybridized carbons (Fsp3) is 0.217. The Morgan fingerprint density at radius 2 is 1.72 bits per heavy atom. The number of hydrogen-bond acceptors (Lipinski definition) is 8. The first-order valence-electron chi connectivity index (χ1n) is 10.5. The minimum atomic E-state index is -0.364. The van der Waals surface area contributed by atoms with E-state index in [2.05, 4.69) is 20.6 Å². The van der Waals surface area contributed by atoms with E-state index in [1.165, 1.54) is 12.1 Å². The van der Waals surface area contributed by atoms with Gasteiger partial charge in [0.25, 0.3) is 5.91 Å².